The third kappa shape index (κ3) is 6.61. The third-order valence-corrected chi connectivity index (χ3v) is 8.50. The Bertz CT molecular complexity index is 1260. The molecule has 0 spiro atoms. The lowest BCUT2D eigenvalue weighted by Crippen LogP contribution is -2.49. The molecular weight excluding hydrogens is 510 g/mol. The number of benzene rings is 3. The monoisotopic (exact) mass is 536 g/mol. The maximum Gasteiger partial charge on any atom is 0.243 e. The molecule has 0 saturated carbocycles. The Morgan fingerprint density at radius 2 is 1.69 bits per heavy atom. The van der Waals surface area contributed by atoms with Crippen molar-refractivity contribution in [3.05, 3.63) is 99.3 Å². The van der Waals surface area contributed by atoms with Crippen LogP contribution < -0.4 is 0 Å². The number of hydrogen-bond acceptors (Lipinski definition) is 4. The number of aryl methyl sites for hydroxylation is 1. The zero-order valence-electron chi connectivity index (χ0n) is 19.3. The molecule has 4 rings (SSSR count). The van der Waals surface area contributed by atoms with Gasteiger partial charge in [0.05, 0.1) is 22.6 Å². The summed E-state index contributed by atoms with van der Waals surface area (Å²) in [6, 6.07) is 19.3. The summed E-state index contributed by atoms with van der Waals surface area (Å²) >= 11 is 11.9. The number of nitrogens with zero attached hydrogens (tertiary/aromatic N) is 2. The summed E-state index contributed by atoms with van der Waals surface area (Å²) in [5.74, 6) is -0.644. The van der Waals surface area contributed by atoms with Gasteiger partial charge in [-0.2, -0.15) is 4.31 Å². The summed E-state index contributed by atoms with van der Waals surface area (Å²) in [5.41, 5.74) is 3.28. The van der Waals surface area contributed by atoms with E-state index < -0.39 is 15.8 Å². The minimum atomic E-state index is -3.75. The zero-order valence-corrected chi connectivity index (χ0v) is 21.7. The maximum atomic E-state index is 13.5. The molecule has 1 saturated heterocycles. The minimum Gasteiger partial charge on any atom is -0.368 e. The summed E-state index contributed by atoms with van der Waals surface area (Å²) in [4.78, 5) is 2.19. The highest BCUT2D eigenvalue weighted by Gasteiger charge is 2.30. The van der Waals surface area contributed by atoms with Crippen LogP contribution in [0.2, 0.25) is 10.0 Å². The molecule has 0 amide bonds. The van der Waals surface area contributed by atoms with Gasteiger partial charge in [-0.3, -0.25) is 4.90 Å². The van der Waals surface area contributed by atoms with Crippen molar-refractivity contribution >= 4 is 33.2 Å². The highest BCUT2D eigenvalue weighted by Crippen LogP contribution is 2.26. The maximum absolute atomic E-state index is 13.5. The van der Waals surface area contributed by atoms with Crippen LogP contribution in [-0.4, -0.2) is 50.3 Å². The van der Waals surface area contributed by atoms with E-state index >= 15 is 0 Å². The molecule has 0 N–H and O–H groups in total. The number of ether oxygens (including phenoxy) is 1. The van der Waals surface area contributed by atoms with E-state index in [-0.39, 0.29) is 16.0 Å². The molecule has 1 aliphatic heterocycles. The van der Waals surface area contributed by atoms with Gasteiger partial charge in [-0.05, 0) is 48.4 Å². The van der Waals surface area contributed by atoms with Crippen LogP contribution in [0.3, 0.4) is 0 Å². The van der Waals surface area contributed by atoms with Crippen LogP contribution in [0.4, 0.5) is 4.39 Å². The van der Waals surface area contributed by atoms with Crippen molar-refractivity contribution in [1.82, 2.24) is 9.21 Å². The number of halogens is 3. The lowest BCUT2D eigenvalue weighted by Gasteiger charge is -2.36. The van der Waals surface area contributed by atoms with Crippen LogP contribution >= 0.6 is 23.2 Å². The van der Waals surface area contributed by atoms with Gasteiger partial charge in [-0.1, -0.05) is 65.2 Å². The molecule has 1 fully saturated rings. The predicted octanol–water partition coefficient (Wildman–Crippen LogP) is 5.71. The Morgan fingerprint density at radius 1 is 0.971 bits per heavy atom. The Hall–Kier alpha value is -2.00. The Labute approximate surface area is 216 Å². The largest absolute Gasteiger partial charge is 0.368 e. The first kappa shape index (κ1) is 26.1. The first-order chi connectivity index (χ1) is 16.7. The van der Waals surface area contributed by atoms with Gasteiger partial charge >= 0.3 is 0 Å². The van der Waals surface area contributed by atoms with Gasteiger partial charge in [0.2, 0.25) is 10.0 Å². The van der Waals surface area contributed by atoms with Gasteiger partial charge in [-0.15, -0.1) is 0 Å². The molecule has 0 aromatic heterocycles. The summed E-state index contributed by atoms with van der Waals surface area (Å²) in [7, 11) is -3.75. The molecular formula is C26H27Cl2FN2O3S. The average molecular weight is 537 g/mol. The van der Waals surface area contributed by atoms with E-state index in [2.05, 4.69) is 11.0 Å². The fourth-order valence-electron chi connectivity index (χ4n) is 4.10. The van der Waals surface area contributed by atoms with E-state index in [4.69, 9.17) is 27.9 Å². The zero-order chi connectivity index (χ0) is 25.0. The first-order valence-electron chi connectivity index (χ1n) is 11.3. The van der Waals surface area contributed by atoms with Gasteiger partial charge in [-0.25, -0.2) is 12.8 Å². The summed E-state index contributed by atoms with van der Waals surface area (Å²) in [5, 5.41) is 0.451. The second-order valence-electron chi connectivity index (χ2n) is 8.62. The van der Waals surface area contributed by atoms with Crippen molar-refractivity contribution in [3.63, 3.8) is 0 Å². The standard InChI is InChI=1S/C26H27Cl2FN2O3S/c1-19-3-2-4-20(15-19)18-34-26(21-5-7-22(27)8-6-21)17-30-11-13-31(14-12-30)35(32,33)23-9-10-25(29)24(28)16-23/h2-10,15-16,26H,11-14,17-18H2,1H3/t26-/m1/s1. The minimum absolute atomic E-state index is 0.00196. The third-order valence-electron chi connectivity index (χ3n) is 6.06. The summed E-state index contributed by atoms with van der Waals surface area (Å²) in [6.45, 7) is 4.87. The smallest absolute Gasteiger partial charge is 0.243 e. The molecule has 186 valence electrons. The lowest BCUT2D eigenvalue weighted by molar-refractivity contribution is 0.00771. The van der Waals surface area contributed by atoms with Crippen LogP contribution in [0.15, 0.2) is 71.6 Å². The highest BCUT2D eigenvalue weighted by molar-refractivity contribution is 7.89. The molecule has 35 heavy (non-hydrogen) atoms. The molecule has 5 nitrogen and oxygen atoms in total. The molecule has 0 unspecified atom stereocenters. The molecule has 0 aliphatic carbocycles. The number of sulfonamides is 1. The van der Waals surface area contributed by atoms with Crippen molar-refractivity contribution in [2.45, 2.75) is 24.5 Å². The van der Waals surface area contributed by atoms with Crippen LogP contribution in [0, 0.1) is 12.7 Å². The van der Waals surface area contributed by atoms with Crippen LogP contribution in [0.25, 0.3) is 0 Å². The van der Waals surface area contributed by atoms with Gasteiger partial charge in [0, 0.05) is 37.7 Å². The lowest BCUT2D eigenvalue weighted by atomic mass is 10.1. The highest BCUT2D eigenvalue weighted by atomic mass is 35.5. The van der Waals surface area contributed by atoms with E-state index in [1.807, 2.05) is 49.4 Å². The molecule has 0 bridgehead atoms. The second kappa shape index (κ2) is 11.4. The quantitative estimate of drug-likeness (QED) is 0.370. The summed E-state index contributed by atoms with van der Waals surface area (Å²) in [6.07, 6.45) is -0.202. The number of hydrogen-bond donors (Lipinski definition) is 0. The normalized spacial score (nSPS) is 16.3. The van der Waals surface area contributed by atoms with E-state index in [0.717, 1.165) is 23.3 Å². The summed E-state index contributed by atoms with van der Waals surface area (Å²) < 4.78 is 47.3. The Kier molecular flexibility index (Phi) is 8.47. The fourth-order valence-corrected chi connectivity index (χ4v) is 5.92. The molecule has 1 heterocycles. The van der Waals surface area contributed by atoms with Crippen molar-refractivity contribution < 1.29 is 17.5 Å². The van der Waals surface area contributed by atoms with Crippen molar-refractivity contribution in [2.75, 3.05) is 32.7 Å². The first-order valence-corrected chi connectivity index (χ1v) is 13.5. The van der Waals surface area contributed by atoms with E-state index in [1.165, 1.54) is 15.9 Å². The number of rotatable bonds is 8. The molecule has 1 atom stereocenters. The Morgan fingerprint density at radius 3 is 2.34 bits per heavy atom. The van der Waals surface area contributed by atoms with Gasteiger partial charge in [0.25, 0.3) is 0 Å². The van der Waals surface area contributed by atoms with E-state index in [1.54, 1.807) is 0 Å². The second-order valence-corrected chi connectivity index (χ2v) is 11.4. The van der Waals surface area contributed by atoms with Crippen LogP contribution in [0.1, 0.15) is 22.8 Å². The SMILES string of the molecule is Cc1cccc(CO[C@H](CN2CCN(S(=O)(=O)c3ccc(F)c(Cl)c3)CC2)c2ccc(Cl)cc2)c1. The van der Waals surface area contributed by atoms with Crippen molar-refractivity contribution in [2.24, 2.45) is 0 Å². The van der Waals surface area contributed by atoms with Gasteiger partial charge < -0.3 is 4.74 Å². The van der Waals surface area contributed by atoms with E-state index in [0.29, 0.717) is 44.4 Å². The molecule has 0 radical (unpaired) electrons. The number of piperazine rings is 1. The van der Waals surface area contributed by atoms with Gasteiger partial charge in [0.1, 0.15) is 5.82 Å². The topological polar surface area (TPSA) is 49.9 Å². The predicted molar refractivity (Wildman–Crippen MR) is 137 cm³/mol. The average Bonchev–Trinajstić information content (AvgIpc) is 2.84. The van der Waals surface area contributed by atoms with Crippen LogP contribution in [0.5, 0.6) is 0 Å². The molecule has 9 heteroatoms. The Balaban J connectivity index is 1.42. The molecule has 3 aromatic rings. The molecule has 3 aromatic carbocycles. The molecule has 1 aliphatic rings. The fraction of sp³-hybridized carbons (Fsp3) is 0.308. The van der Waals surface area contributed by atoms with Crippen molar-refractivity contribution in [1.29, 1.82) is 0 Å². The van der Waals surface area contributed by atoms with Crippen molar-refractivity contribution in [3.8, 4) is 0 Å². The van der Waals surface area contributed by atoms with Crippen LogP contribution in [-0.2, 0) is 21.4 Å². The van der Waals surface area contributed by atoms with Gasteiger partial charge in [0.15, 0.2) is 0 Å². The van der Waals surface area contributed by atoms with E-state index in [9.17, 15) is 12.8 Å².